The van der Waals surface area contributed by atoms with E-state index in [-0.39, 0.29) is 18.7 Å². The van der Waals surface area contributed by atoms with E-state index in [1.54, 1.807) is 11.8 Å². The van der Waals surface area contributed by atoms with Crippen LogP contribution in [0, 0.1) is 0 Å². The standard InChI is InChI=1S/C22H33N5O4S/c1-4-8-23-21(29)26-11-9-25(10-12-26)14-17-18(20(28)31-6-3)19(16-7-13-32-15-16)24-22(30)27(17)5-2/h7,13,15,19H,4-6,8-12,14H2,1-3H3,(H,23,29)(H,24,30)/t19-/m1/s1. The van der Waals surface area contributed by atoms with Gasteiger partial charge in [0.05, 0.1) is 18.2 Å². The third-order valence-electron chi connectivity index (χ3n) is 5.69. The number of nitrogens with one attached hydrogen (secondary N) is 2. The SMILES string of the molecule is CCCNC(=O)N1CCN(CC2=C(C(=O)OCC)[C@@H](c3ccsc3)NC(=O)N2CC)CC1. The molecule has 1 aromatic heterocycles. The van der Waals surface area contributed by atoms with Gasteiger partial charge < -0.3 is 20.3 Å². The number of nitrogens with zero attached hydrogens (tertiary/aromatic N) is 3. The molecule has 1 aromatic rings. The zero-order chi connectivity index (χ0) is 23.1. The van der Waals surface area contributed by atoms with Gasteiger partial charge in [0.25, 0.3) is 0 Å². The van der Waals surface area contributed by atoms with Gasteiger partial charge in [-0.3, -0.25) is 9.80 Å². The first-order valence-corrected chi connectivity index (χ1v) is 12.2. The first-order valence-electron chi connectivity index (χ1n) is 11.2. The molecule has 0 radical (unpaired) electrons. The lowest BCUT2D eigenvalue weighted by Gasteiger charge is -2.40. The molecule has 176 valence electrons. The molecule has 2 aliphatic rings. The van der Waals surface area contributed by atoms with Gasteiger partial charge in [0.15, 0.2) is 0 Å². The number of hydrogen-bond acceptors (Lipinski definition) is 6. The zero-order valence-electron chi connectivity index (χ0n) is 19.1. The summed E-state index contributed by atoms with van der Waals surface area (Å²) in [5, 5.41) is 9.76. The van der Waals surface area contributed by atoms with Crippen LogP contribution in [0.15, 0.2) is 28.1 Å². The number of hydrogen-bond donors (Lipinski definition) is 2. The fourth-order valence-corrected chi connectivity index (χ4v) is 4.70. The highest BCUT2D eigenvalue weighted by Gasteiger charge is 2.38. The molecule has 0 saturated carbocycles. The average molecular weight is 464 g/mol. The van der Waals surface area contributed by atoms with E-state index in [2.05, 4.69) is 15.5 Å². The Bertz CT molecular complexity index is 833. The molecule has 0 spiro atoms. The molecule has 0 aromatic carbocycles. The number of ether oxygens (including phenoxy) is 1. The number of urea groups is 2. The number of likely N-dealkylation sites (N-methyl/N-ethyl adjacent to an activating group) is 1. The highest BCUT2D eigenvalue weighted by atomic mass is 32.1. The second-order valence-electron chi connectivity index (χ2n) is 7.76. The average Bonchev–Trinajstić information content (AvgIpc) is 3.33. The summed E-state index contributed by atoms with van der Waals surface area (Å²) in [4.78, 5) is 43.8. The Balaban J connectivity index is 1.84. The quantitative estimate of drug-likeness (QED) is 0.578. The van der Waals surface area contributed by atoms with Crippen LogP contribution in [0.5, 0.6) is 0 Å². The molecular weight excluding hydrogens is 430 g/mol. The minimum atomic E-state index is -0.535. The largest absolute Gasteiger partial charge is 0.463 e. The van der Waals surface area contributed by atoms with Gasteiger partial charge in [-0.15, -0.1) is 0 Å². The van der Waals surface area contributed by atoms with Gasteiger partial charge >= 0.3 is 18.0 Å². The Kier molecular flexibility index (Phi) is 8.52. The van der Waals surface area contributed by atoms with Crippen LogP contribution < -0.4 is 10.6 Å². The van der Waals surface area contributed by atoms with Crippen molar-refractivity contribution in [3.05, 3.63) is 33.7 Å². The summed E-state index contributed by atoms with van der Waals surface area (Å²) in [5.74, 6) is -0.408. The summed E-state index contributed by atoms with van der Waals surface area (Å²) < 4.78 is 5.39. The van der Waals surface area contributed by atoms with Crippen LogP contribution in [-0.4, -0.2) is 85.2 Å². The normalized spacial score (nSPS) is 19.7. The van der Waals surface area contributed by atoms with Crippen molar-refractivity contribution in [2.24, 2.45) is 0 Å². The van der Waals surface area contributed by atoms with Crippen LogP contribution in [0.3, 0.4) is 0 Å². The smallest absolute Gasteiger partial charge is 0.338 e. The second-order valence-corrected chi connectivity index (χ2v) is 8.54. The molecular formula is C22H33N5O4S. The van der Waals surface area contributed by atoms with E-state index in [4.69, 9.17) is 4.74 Å². The number of amides is 4. The van der Waals surface area contributed by atoms with Crippen LogP contribution in [0.25, 0.3) is 0 Å². The van der Waals surface area contributed by atoms with Crippen LogP contribution >= 0.6 is 11.3 Å². The molecule has 10 heteroatoms. The number of piperazine rings is 1. The molecule has 1 atom stereocenters. The van der Waals surface area contributed by atoms with Gasteiger partial charge in [0.1, 0.15) is 0 Å². The van der Waals surface area contributed by atoms with Crippen molar-refractivity contribution in [1.82, 2.24) is 25.3 Å². The zero-order valence-corrected chi connectivity index (χ0v) is 19.9. The molecule has 3 heterocycles. The Labute approximate surface area is 193 Å². The maximum Gasteiger partial charge on any atom is 0.338 e. The number of carbonyl (C=O) groups is 3. The lowest BCUT2D eigenvalue weighted by atomic mass is 9.96. The van der Waals surface area contributed by atoms with Crippen LogP contribution in [-0.2, 0) is 9.53 Å². The summed E-state index contributed by atoms with van der Waals surface area (Å²) >= 11 is 1.52. The van der Waals surface area contributed by atoms with Crippen molar-refractivity contribution in [2.75, 3.05) is 52.4 Å². The van der Waals surface area contributed by atoms with E-state index in [1.165, 1.54) is 11.3 Å². The third kappa shape index (κ3) is 5.42. The van der Waals surface area contributed by atoms with Crippen molar-refractivity contribution in [2.45, 2.75) is 33.2 Å². The van der Waals surface area contributed by atoms with Crippen LogP contribution in [0.4, 0.5) is 9.59 Å². The Morgan fingerprint density at radius 3 is 2.56 bits per heavy atom. The molecule has 2 N–H and O–H groups in total. The molecule has 2 aliphatic heterocycles. The van der Waals surface area contributed by atoms with E-state index >= 15 is 0 Å². The summed E-state index contributed by atoms with van der Waals surface area (Å²) in [6.45, 7) is 10.0. The molecule has 1 saturated heterocycles. The summed E-state index contributed by atoms with van der Waals surface area (Å²) in [7, 11) is 0. The number of thiophene rings is 1. The molecule has 0 aliphatic carbocycles. The molecule has 0 unspecified atom stereocenters. The fraction of sp³-hybridized carbons (Fsp3) is 0.591. The van der Waals surface area contributed by atoms with Crippen molar-refractivity contribution in [3.8, 4) is 0 Å². The first kappa shape index (κ1) is 24.1. The van der Waals surface area contributed by atoms with Crippen LogP contribution in [0.1, 0.15) is 38.8 Å². The van der Waals surface area contributed by atoms with Gasteiger partial charge in [-0.2, -0.15) is 11.3 Å². The van der Waals surface area contributed by atoms with Crippen molar-refractivity contribution < 1.29 is 19.1 Å². The van der Waals surface area contributed by atoms with Crippen molar-refractivity contribution in [1.29, 1.82) is 0 Å². The monoisotopic (exact) mass is 463 g/mol. The lowest BCUT2D eigenvalue weighted by molar-refractivity contribution is -0.139. The second kappa shape index (κ2) is 11.3. The maximum atomic E-state index is 13.0. The Hall–Kier alpha value is -2.59. The number of rotatable bonds is 8. The van der Waals surface area contributed by atoms with Gasteiger partial charge in [0.2, 0.25) is 0 Å². The summed E-state index contributed by atoms with van der Waals surface area (Å²) in [6.07, 6.45) is 0.900. The fourth-order valence-electron chi connectivity index (χ4n) is 4.01. The highest BCUT2D eigenvalue weighted by Crippen LogP contribution is 2.33. The molecule has 3 rings (SSSR count). The highest BCUT2D eigenvalue weighted by molar-refractivity contribution is 7.08. The number of carbonyl (C=O) groups excluding carboxylic acids is 3. The topological polar surface area (TPSA) is 94.2 Å². The Morgan fingerprint density at radius 1 is 1.22 bits per heavy atom. The van der Waals surface area contributed by atoms with Gasteiger partial charge in [0, 0.05) is 51.5 Å². The summed E-state index contributed by atoms with van der Waals surface area (Å²) in [6, 6.07) is 1.13. The van der Waals surface area contributed by atoms with Crippen LogP contribution in [0.2, 0.25) is 0 Å². The maximum absolute atomic E-state index is 13.0. The van der Waals surface area contributed by atoms with E-state index in [0.29, 0.717) is 57.1 Å². The molecule has 0 bridgehead atoms. The van der Waals surface area contributed by atoms with Gasteiger partial charge in [-0.25, -0.2) is 14.4 Å². The third-order valence-corrected chi connectivity index (χ3v) is 6.39. The first-order chi connectivity index (χ1) is 15.5. The summed E-state index contributed by atoms with van der Waals surface area (Å²) in [5.41, 5.74) is 2.03. The minimum absolute atomic E-state index is 0.0392. The van der Waals surface area contributed by atoms with Gasteiger partial charge in [-0.1, -0.05) is 6.92 Å². The number of esters is 1. The van der Waals surface area contributed by atoms with Crippen molar-refractivity contribution >= 4 is 29.4 Å². The molecule has 1 fully saturated rings. The lowest BCUT2D eigenvalue weighted by Crippen LogP contribution is -2.55. The Morgan fingerprint density at radius 2 is 1.97 bits per heavy atom. The van der Waals surface area contributed by atoms with Gasteiger partial charge in [-0.05, 0) is 42.7 Å². The van der Waals surface area contributed by atoms with E-state index in [9.17, 15) is 14.4 Å². The predicted octanol–water partition coefficient (Wildman–Crippen LogP) is 2.39. The van der Waals surface area contributed by atoms with Crippen molar-refractivity contribution in [3.63, 3.8) is 0 Å². The van der Waals surface area contributed by atoms with E-state index < -0.39 is 12.0 Å². The van der Waals surface area contributed by atoms with E-state index in [1.807, 2.05) is 35.6 Å². The molecule has 4 amide bonds. The van der Waals surface area contributed by atoms with E-state index in [0.717, 1.165) is 12.0 Å². The predicted molar refractivity (Wildman–Crippen MR) is 123 cm³/mol. The molecule has 9 nitrogen and oxygen atoms in total. The molecule has 32 heavy (non-hydrogen) atoms. The minimum Gasteiger partial charge on any atom is -0.463 e.